The van der Waals surface area contributed by atoms with E-state index in [4.69, 9.17) is 9.72 Å². The number of aromatic amines is 1. The van der Waals surface area contributed by atoms with E-state index >= 15 is 0 Å². The Hall–Kier alpha value is -4.19. The Morgan fingerprint density at radius 3 is 2.36 bits per heavy atom. The number of fused-ring (bicyclic) bond motifs is 1. The number of anilines is 2. The summed E-state index contributed by atoms with van der Waals surface area (Å²) in [6, 6.07) is 12.3. The number of piperidine rings is 1. The normalized spacial score (nSPS) is 18.9. The second-order valence-corrected chi connectivity index (χ2v) is 13.7. The van der Waals surface area contributed by atoms with Gasteiger partial charge in [0, 0.05) is 69.0 Å². The zero-order chi connectivity index (χ0) is 33.0. The molecule has 248 valence electrons. The van der Waals surface area contributed by atoms with Gasteiger partial charge in [0.1, 0.15) is 17.2 Å². The molecule has 8 nitrogen and oxygen atoms in total. The molecule has 2 N–H and O–H groups in total. The molecule has 2 saturated heterocycles. The van der Waals surface area contributed by atoms with Crippen LogP contribution in [-0.4, -0.2) is 67.8 Å². The van der Waals surface area contributed by atoms with E-state index in [1.54, 1.807) is 13.2 Å². The Morgan fingerprint density at radius 2 is 1.74 bits per heavy atom. The number of pyridine rings is 1. The summed E-state index contributed by atoms with van der Waals surface area (Å²) < 4.78 is 60.8. The van der Waals surface area contributed by atoms with Crippen LogP contribution in [0.2, 0.25) is 0 Å². The second kappa shape index (κ2) is 11.8. The smallest absolute Gasteiger partial charge is 0.384 e. The first kappa shape index (κ1) is 31.4. The van der Waals surface area contributed by atoms with Crippen LogP contribution < -0.4 is 15.1 Å². The van der Waals surface area contributed by atoms with Crippen LogP contribution in [0.1, 0.15) is 44.1 Å². The molecule has 7 rings (SSSR count). The highest BCUT2D eigenvalue weighted by Gasteiger charge is 2.41. The highest BCUT2D eigenvalue weighted by atomic mass is 19.4. The predicted octanol–water partition coefficient (Wildman–Crippen LogP) is 6.81. The van der Waals surface area contributed by atoms with Gasteiger partial charge in [-0.05, 0) is 79.6 Å². The first-order valence-corrected chi connectivity index (χ1v) is 16.1. The molecule has 1 spiro atoms. The third-order valence-corrected chi connectivity index (χ3v) is 10.3. The van der Waals surface area contributed by atoms with Crippen molar-refractivity contribution in [3.05, 3.63) is 59.9 Å². The number of methoxy groups -OCH3 is 1. The van der Waals surface area contributed by atoms with Crippen molar-refractivity contribution in [1.29, 1.82) is 0 Å². The van der Waals surface area contributed by atoms with E-state index < -0.39 is 17.6 Å². The first-order chi connectivity index (χ1) is 22.4. The zero-order valence-corrected chi connectivity index (χ0v) is 26.5. The van der Waals surface area contributed by atoms with Crippen molar-refractivity contribution < 1.29 is 27.1 Å². The topological polar surface area (TPSA) is 86.4 Å². The third kappa shape index (κ3) is 6.15. The molecule has 0 atom stereocenters. The summed E-state index contributed by atoms with van der Waals surface area (Å²) in [6.07, 6.45) is 0.959. The number of alkyl halides is 3. The van der Waals surface area contributed by atoms with Gasteiger partial charge in [-0.3, -0.25) is 4.79 Å². The average Bonchev–Trinajstić information content (AvgIpc) is 3.62. The number of nitrogens with one attached hydrogen (secondary N) is 2. The monoisotopic (exact) mass is 650 g/mol. The maximum Gasteiger partial charge on any atom is 0.416 e. The standard InChI is InChI=1S/C35H38F4N6O2/c1-44(20-34(21-47-2)8-3-9-34)28-17-27(23-14-24(35(37,38)39)16-25(36)15-23)41-32-30(28)42-31(43-32)22-4-6-26(7-5-22)45-12-10-33(11-13-45)18-29(46)40-19-33/h4-7,14-17H,3,8-13,18-21H2,1-2H3,(H,40,46)(H,41,42,43). The van der Waals surface area contributed by atoms with Crippen molar-refractivity contribution in [3.63, 3.8) is 0 Å². The number of rotatable bonds is 8. The minimum Gasteiger partial charge on any atom is -0.384 e. The van der Waals surface area contributed by atoms with Crippen LogP contribution in [0.3, 0.4) is 0 Å². The van der Waals surface area contributed by atoms with Crippen molar-refractivity contribution in [1.82, 2.24) is 20.3 Å². The van der Waals surface area contributed by atoms with Crippen molar-refractivity contribution in [2.45, 2.75) is 44.7 Å². The Kier molecular flexibility index (Phi) is 7.89. The van der Waals surface area contributed by atoms with E-state index in [0.717, 1.165) is 75.1 Å². The lowest BCUT2D eigenvalue weighted by atomic mass is 9.69. The van der Waals surface area contributed by atoms with E-state index in [0.29, 0.717) is 48.3 Å². The van der Waals surface area contributed by atoms with Gasteiger partial charge in [0.05, 0.1) is 23.6 Å². The van der Waals surface area contributed by atoms with Gasteiger partial charge < -0.3 is 24.8 Å². The largest absolute Gasteiger partial charge is 0.416 e. The van der Waals surface area contributed by atoms with Gasteiger partial charge in [0.2, 0.25) is 5.91 Å². The summed E-state index contributed by atoms with van der Waals surface area (Å²) in [5, 5.41) is 2.98. The lowest BCUT2D eigenvalue weighted by molar-refractivity contribution is -0.137. The van der Waals surface area contributed by atoms with E-state index in [-0.39, 0.29) is 28.0 Å². The molecular formula is C35H38F4N6O2. The molecule has 3 aliphatic rings. The SMILES string of the molecule is COCC1(CN(C)c2cc(-c3cc(F)cc(C(F)(F)F)c3)nc3nc(-c4ccc(N5CCC6(CC5)CNC(=O)C6)cc4)[nH]c23)CCC1. The van der Waals surface area contributed by atoms with Crippen LogP contribution in [0.4, 0.5) is 28.9 Å². The number of aromatic nitrogens is 3. The number of imidazole rings is 1. The molecule has 1 aliphatic carbocycles. The molecule has 12 heteroatoms. The van der Waals surface area contributed by atoms with Gasteiger partial charge in [0.25, 0.3) is 0 Å². The molecule has 1 amide bonds. The third-order valence-electron chi connectivity index (χ3n) is 10.3. The number of hydrogen-bond donors (Lipinski definition) is 2. The van der Waals surface area contributed by atoms with Crippen LogP contribution in [0, 0.1) is 16.6 Å². The van der Waals surface area contributed by atoms with Crippen LogP contribution in [-0.2, 0) is 15.7 Å². The number of carbonyl (C=O) groups excluding carboxylic acids is 1. The summed E-state index contributed by atoms with van der Waals surface area (Å²) in [5.74, 6) is -0.270. The molecule has 3 fully saturated rings. The number of carbonyl (C=O) groups is 1. The highest BCUT2D eigenvalue weighted by molar-refractivity contribution is 5.91. The molecule has 4 heterocycles. The van der Waals surface area contributed by atoms with Crippen LogP contribution >= 0.6 is 0 Å². The summed E-state index contributed by atoms with van der Waals surface area (Å²) in [7, 11) is 3.63. The number of hydrogen-bond acceptors (Lipinski definition) is 6. The summed E-state index contributed by atoms with van der Waals surface area (Å²) >= 11 is 0. The number of ether oxygens (including phenoxy) is 1. The fourth-order valence-electron chi connectivity index (χ4n) is 7.55. The Balaban J connectivity index is 1.22. The first-order valence-electron chi connectivity index (χ1n) is 16.1. The Bertz CT molecular complexity index is 1790. The van der Waals surface area contributed by atoms with Gasteiger partial charge in [-0.25, -0.2) is 14.4 Å². The zero-order valence-electron chi connectivity index (χ0n) is 26.5. The molecule has 47 heavy (non-hydrogen) atoms. The molecule has 4 aromatic rings. The van der Waals surface area contributed by atoms with E-state index in [1.165, 1.54) is 0 Å². The number of H-pyrrole nitrogens is 1. The number of amides is 1. The van der Waals surface area contributed by atoms with E-state index in [9.17, 15) is 22.4 Å². The summed E-state index contributed by atoms with van der Waals surface area (Å²) in [4.78, 5) is 29.1. The fraction of sp³-hybridized carbons (Fsp3) is 0.457. The molecule has 2 aliphatic heterocycles. The Morgan fingerprint density at radius 1 is 1.00 bits per heavy atom. The molecule has 2 aromatic carbocycles. The van der Waals surface area contributed by atoms with E-state index in [1.807, 2.05) is 19.2 Å². The maximum atomic E-state index is 14.5. The molecular weight excluding hydrogens is 612 g/mol. The lowest BCUT2D eigenvalue weighted by Gasteiger charge is -2.44. The minimum absolute atomic E-state index is 0.0269. The van der Waals surface area contributed by atoms with Gasteiger partial charge >= 0.3 is 6.18 Å². The van der Waals surface area contributed by atoms with Gasteiger partial charge in [-0.15, -0.1) is 0 Å². The summed E-state index contributed by atoms with van der Waals surface area (Å²) in [6.45, 7) is 3.78. The molecule has 2 aromatic heterocycles. The molecule has 0 radical (unpaired) electrons. The number of halogens is 4. The quantitative estimate of drug-likeness (QED) is 0.204. The highest BCUT2D eigenvalue weighted by Crippen LogP contribution is 2.44. The Labute approximate surface area is 270 Å². The number of benzene rings is 2. The second-order valence-electron chi connectivity index (χ2n) is 13.7. The van der Waals surface area contributed by atoms with Crippen molar-refractivity contribution >= 4 is 28.4 Å². The van der Waals surface area contributed by atoms with Gasteiger partial charge in [-0.1, -0.05) is 6.42 Å². The average molecular weight is 651 g/mol. The van der Waals surface area contributed by atoms with Gasteiger partial charge in [-0.2, -0.15) is 13.2 Å². The molecule has 0 unspecified atom stereocenters. The van der Waals surface area contributed by atoms with Crippen LogP contribution in [0.25, 0.3) is 33.8 Å². The maximum absolute atomic E-state index is 14.5. The van der Waals surface area contributed by atoms with Crippen molar-refractivity contribution in [2.24, 2.45) is 10.8 Å². The molecule has 0 bridgehead atoms. The number of nitrogens with zero attached hydrogens (tertiary/aromatic N) is 4. The predicted molar refractivity (Wildman–Crippen MR) is 173 cm³/mol. The van der Waals surface area contributed by atoms with Crippen LogP contribution in [0.5, 0.6) is 0 Å². The van der Waals surface area contributed by atoms with Crippen LogP contribution in [0.15, 0.2) is 48.5 Å². The van der Waals surface area contributed by atoms with Gasteiger partial charge in [0.15, 0.2) is 5.65 Å². The lowest BCUT2D eigenvalue weighted by Crippen LogP contribution is -2.44. The van der Waals surface area contributed by atoms with Crippen molar-refractivity contribution in [2.75, 3.05) is 56.7 Å². The van der Waals surface area contributed by atoms with Crippen molar-refractivity contribution in [3.8, 4) is 22.6 Å². The van der Waals surface area contributed by atoms with E-state index in [2.05, 4.69) is 37.2 Å². The summed E-state index contributed by atoms with van der Waals surface area (Å²) in [5.41, 5.74) is 2.81. The molecule has 1 saturated carbocycles. The minimum atomic E-state index is -4.70. The fourth-order valence-corrected chi connectivity index (χ4v) is 7.55.